The van der Waals surface area contributed by atoms with Gasteiger partial charge in [0.1, 0.15) is 5.60 Å². The van der Waals surface area contributed by atoms with Gasteiger partial charge < -0.3 is 19.8 Å². The normalized spacial score (nSPS) is 19.8. The zero-order valence-electron chi connectivity index (χ0n) is 21.5. The summed E-state index contributed by atoms with van der Waals surface area (Å²) >= 11 is 0. The summed E-state index contributed by atoms with van der Waals surface area (Å²) in [4.78, 5) is 37.1. The van der Waals surface area contributed by atoms with Crippen LogP contribution in [0.1, 0.15) is 70.8 Å². The number of rotatable bonds is 8. The molecule has 1 heterocycles. The molecule has 2 N–H and O–H groups in total. The fourth-order valence-electron chi connectivity index (χ4n) is 3.55. The smallest absolute Gasteiger partial charge is 0.407 e. The highest BCUT2D eigenvalue weighted by molar-refractivity contribution is 6.74. The molecular weight excluding hydrogens is 436 g/mol. The largest absolute Gasteiger partial charge is 0.444 e. The predicted octanol–water partition coefficient (Wildman–Crippen LogP) is 4.81. The second-order valence-corrected chi connectivity index (χ2v) is 16.2. The van der Waals surface area contributed by atoms with Gasteiger partial charge in [0.05, 0.1) is 18.1 Å². The van der Waals surface area contributed by atoms with Gasteiger partial charge in [-0.1, -0.05) is 39.0 Å². The van der Waals surface area contributed by atoms with Gasteiger partial charge in [0.25, 0.3) is 0 Å². The number of alkyl carbamates (subject to hydrolysis) is 1. The van der Waals surface area contributed by atoms with Crippen LogP contribution < -0.4 is 10.6 Å². The topological polar surface area (TPSA) is 93.7 Å². The van der Waals surface area contributed by atoms with Crippen LogP contribution in [0.2, 0.25) is 18.1 Å². The number of hydrogen-bond donors (Lipinski definition) is 2. The lowest BCUT2D eigenvalue weighted by atomic mass is 9.82. The standard InChI is InChI=1S/C25H40N2O5Si/c1-16(32-33(8,9)25(5,6)7)21-19(27-22(21)29)14-20(28)18-12-10-11-17(13-18)15-26-23(30)31-24(2,3)4/h10-13,16,19,21H,14-15H2,1-9H3,(H,26,30)(H,27,29)/t16?,19-,21-/m1/s1. The highest BCUT2D eigenvalue weighted by Crippen LogP contribution is 2.39. The summed E-state index contributed by atoms with van der Waals surface area (Å²) in [6, 6.07) is 6.92. The summed E-state index contributed by atoms with van der Waals surface area (Å²) in [6.07, 6.45) is -0.540. The van der Waals surface area contributed by atoms with Crippen molar-refractivity contribution in [2.24, 2.45) is 5.92 Å². The molecule has 33 heavy (non-hydrogen) atoms. The molecular formula is C25H40N2O5Si. The van der Waals surface area contributed by atoms with Crippen molar-refractivity contribution in [3.63, 3.8) is 0 Å². The second kappa shape index (κ2) is 9.97. The third kappa shape index (κ3) is 7.40. The van der Waals surface area contributed by atoms with E-state index in [1.165, 1.54) is 0 Å². The molecule has 0 aliphatic carbocycles. The number of amides is 2. The van der Waals surface area contributed by atoms with Crippen molar-refractivity contribution < 1.29 is 23.5 Å². The number of carbonyl (C=O) groups excluding carboxylic acids is 3. The molecule has 8 heteroatoms. The molecule has 0 bridgehead atoms. The summed E-state index contributed by atoms with van der Waals surface area (Å²) in [7, 11) is -2.03. The second-order valence-electron chi connectivity index (χ2n) is 11.4. The van der Waals surface area contributed by atoms with Crippen molar-refractivity contribution in [2.45, 2.75) is 97.3 Å². The molecule has 1 aromatic rings. The van der Waals surface area contributed by atoms with E-state index >= 15 is 0 Å². The van der Waals surface area contributed by atoms with Gasteiger partial charge >= 0.3 is 6.09 Å². The maximum absolute atomic E-state index is 12.9. The van der Waals surface area contributed by atoms with Gasteiger partial charge in [0.2, 0.25) is 5.91 Å². The molecule has 2 amide bonds. The quantitative estimate of drug-likeness (QED) is 0.319. The fourth-order valence-corrected chi connectivity index (χ4v) is 4.98. The zero-order valence-corrected chi connectivity index (χ0v) is 22.5. The average Bonchev–Trinajstić information content (AvgIpc) is 2.63. The number of benzene rings is 1. The number of hydrogen-bond acceptors (Lipinski definition) is 5. The first-order chi connectivity index (χ1) is 15.0. The Bertz CT molecular complexity index is 886. The lowest BCUT2D eigenvalue weighted by molar-refractivity contribution is -0.139. The Hall–Kier alpha value is -2.19. The summed E-state index contributed by atoms with van der Waals surface area (Å²) in [5, 5.41) is 5.62. The van der Waals surface area contributed by atoms with Crippen LogP contribution in [0.3, 0.4) is 0 Å². The maximum atomic E-state index is 12.9. The van der Waals surface area contributed by atoms with Crippen LogP contribution in [0.25, 0.3) is 0 Å². The lowest BCUT2D eigenvalue weighted by Crippen LogP contribution is -2.64. The molecule has 1 unspecified atom stereocenters. The Morgan fingerprint density at radius 2 is 1.79 bits per heavy atom. The average molecular weight is 477 g/mol. The van der Waals surface area contributed by atoms with Gasteiger partial charge in [-0.3, -0.25) is 9.59 Å². The van der Waals surface area contributed by atoms with Gasteiger partial charge in [-0.25, -0.2) is 4.79 Å². The summed E-state index contributed by atoms with van der Waals surface area (Å²) in [5.74, 6) is -0.446. The van der Waals surface area contributed by atoms with E-state index in [0.717, 1.165) is 5.56 Å². The molecule has 3 atom stereocenters. The summed E-state index contributed by atoms with van der Waals surface area (Å²) in [6.45, 7) is 18.4. The van der Waals surface area contributed by atoms with Crippen LogP contribution in [-0.4, -0.2) is 43.8 Å². The van der Waals surface area contributed by atoms with E-state index in [1.54, 1.807) is 39.0 Å². The number of carbonyl (C=O) groups is 3. The van der Waals surface area contributed by atoms with Gasteiger partial charge in [-0.05, 0) is 57.5 Å². The molecule has 1 aliphatic heterocycles. The summed E-state index contributed by atoms with van der Waals surface area (Å²) < 4.78 is 11.7. The van der Waals surface area contributed by atoms with E-state index in [1.807, 2.05) is 13.0 Å². The molecule has 0 spiro atoms. The minimum atomic E-state index is -2.03. The van der Waals surface area contributed by atoms with Crippen LogP contribution in [-0.2, 0) is 20.5 Å². The number of Topliss-reactive ketones (excluding diaryl/α,β-unsaturated/α-hetero) is 1. The van der Waals surface area contributed by atoms with E-state index in [4.69, 9.17) is 9.16 Å². The molecule has 0 saturated carbocycles. The van der Waals surface area contributed by atoms with Gasteiger partial charge in [0, 0.05) is 18.5 Å². The van der Waals surface area contributed by atoms with Crippen LogP contribution in [0.5, 0.6) is 0 Å². The van der Waals surface area contributed by atoms with Crippen molar-refractivity contribution >= 4 is 26.1 Å². The molecule has 2 rings (SSSR count). The van der Waals surface area contributed by atoms with Crippen LogP contribution in [0.15, 0.2) is 24.3 Å². The molecule has 1 fully saturated rings. The van der Waals surface area contributed by atoms with Crippen molar-refractivity contribution in [3.8, 4) is 0 Å². The zero-order chi connectivity index (χ0) is 25.2. The first kappa shape index (κ1) is 27.1. The van der Waals surface area contributed by atoms with Gasteiger partial charge in [-0.2, -0.15) is 0 Å². The molecule has 1 aromatic carbocycles. The van der Waals surface area contributed by atoms with Gasteiger partial charge in [0.15, 0.2) is 14.1 Å². The number of ketones is 1. The molecule has 184 valence electrons. The van der Waals surface area contributed by atoms with Crippen LogP contribution >= 0.6 is 0 Å². The molecule has 7 nitrogen and oxygen atoms in total. The Morgan fingerprint density at radius 3 is 2.33 bits per heavy atom. The van der Waals surface area contributed by atoms with Crippen molar-refractivity contribution in [3.05, 3.63) is 35.4 Å². The van der Waals surface area contributed by atoms with E-state index in [0.29, 0.717) is 5.56 Å². The van der Waals surface area contributed by atoms with E-state index in [2.05, 4.69) is 44.5 Å². The number of nitrogens with one attached hydrogen (secondary N) is 2. The van der Waals surface area contributed by atoms with E-state index in [9.17, 15) is 14.4 Å². The van der Waals surface area contributed by atoms with Crippen molar-refractivity contribution in [1.82, 2.24) is 10.6 Å². The Kier molecular flexibility index (Phi) is 8.17. The number of ether oxygens (including phenoxy) is 1. The van der Waals surface area contributed by atoms with Gasteiger partial charge in [-0.15, -0.1) is 0 Å². The Labute approximate surface area is 199 Å². The third-order valence-electron chi connectivity index (χ3n) is 6.35. The van der Waals surface area contributed by atoms with Crippen LogP contribution in [0, 0.1) is 5.92 Å². The minimum Gasteiger partial charge on any atom is -0.444 e. The molecule has 1 aliphatic rings. The SMILES string of the molecule is CC(O[Si](C)(C)C(C)(C)C)[C@H]1C(=O)N[C@@H]1CC(=O)c1cccc(CNC(=O)OC(C)(C)C)c1. The Morgan fingerprint density at radius 1 is 1.15 bits per heavy atom. The van der Waals surface area contributed by atoms with E-state index in [-0.39, 0.29) is 47.8 Å². The maximum Gasteiger partial charge on any atom is 0.407 e. The fraction of sp³-hybridized carbons (Fsp3) is 0.640. The number of β-lactam (4-membered cyclic amide) rings is 1. The molecule has 0 radical (unpaired) electrons. The van der Waals surface area contributed by atoms with E-state index < -0.39 is 20.0 Å². The molecule has 0 aromatic heterocycles. The Balaban J connectivity index is 1.98. The highest BCUT2D eigenvalue weighted by atomic mass is 28.4. The van der Waals surface area contributed by atoms with Crippen LogP contribution in [0.4, 0.5) is 4.79 Å². The lowest BCUT2D eigenvalue weighted by Gasteiger charge is -2.45. The first-order valence-electron chi connectivity index (χ1n) is 11.6. The third-order valence-corrected chi connectivity index (χ3v) is 10.9. The first-order valence-corrected chi connectivity index (χ1v) is 14.5. The highest BCUT2D eigenvalue weighted by Gasteiger charge is 2.47. The summed E-state index contributed by atoms with van der Waals surface area (Å²) in [5.41, 5.74) is 0.781. The predicted molar refractivity (Wildman–Crippen MR) is 132 cm³/mol. The minimum absolute atomic E-state index is 0.0422. The van der Waals surface area contributed by atoms with Crippen molar-refractivity contribution in [2.75, 3.05) is 0 Å². The molecule has 1 saturated heterocycles. The van der Waals surface area contributed by atoms with Crippen molar-refractivity contribution in [1.29, 1.82) is 0 Å². The monoisotopic (exact) mass is 476 g/mol.